The molecule has 0 aromatic carbocycles. The number of aromatic amines is 1. The highest BCUT2D eigenvalue weighted by Crippen LogP contribution is 2.22. The van der Waals surface area contributed by atoms with Crippen molar-refractivity contribution in [3.63, 3.8) is 0 Å². The zero-order valence-corrected chi connectivity index (χ0v) is 13.7. The van der Waals surface area contributed by atoms with Crippen LogP contribution in [0.3, 0.4) is 0 Å². The van der Waals surface area contributed by atoms with Crippen LogP contribution >= 0.6 is 11.3 Å². The van der Waals surface area contributed by atoms with Crippen molar-refractivity contribution >= 4 is 27.3 Å². The number of H-pyrrole nitrogens is 1. The molecule has 0 fully saturated rings. The Morgan fingerprint density at radius 2 is 2.09 bits per heavy atom. The van der Waals surface area contributed by atoms with E-state index in [4.69, 9.17) is 0 Å². The minimum atomic E-state index is -3.90. The van der Waals surface area contributed by atoms with Crippen LogP contribution < -0.4 is 4.72 Å². The molecule has 1 aliphatic carbocycles. The quantitative estimate of drug-likeness (QED) is 0.825. The summed E-state index contributed by atoms with van der Waals surface area (Å²) >= 11 is 1.02. The average molecular weight is 340 g/mol. The highest BCUT2D eigenvalue weighted by Gasteiger charge is 2.26. The molecule has 0 saturated carbocycles. The van der Waals surface area contributed by atoms with Crippen molar-refractivity contribution in [2.24, 2.45) is 0 Å². The lowest BCUT2D eigenvalue weighted by molar-refractivity contribution is 0.0975. The van der Waals surface area contributed by atoms with Gasteiger partial charge in [0.2, 0.25) is 0 Å². The monoisotopic (exact) mass is 340 g/mol. The van der Waals surface area contributed by atoms with Gasteiger partial charge in [-0.3, -0.25) is 9.89 Å². The van der Waals surface area contributed by atoms with Crippen LogP contribution in [-0.4, -0.2) is 29.5 Å². The van der Waals surface area contributed by atoms with Crippen LogP contribution in [0.1, 0.15) is 46.0 Å². The number of nitrogens with zero attached hydrogens (tertiary/aromatic N) is 2. The summed E-state index contributed by atoms with van der Waals surface area (Å²) in [4.78, 5) is 16.2. The molecule has 0 bridgehead atoms. The van der Waals surface area contributed by atoms with E-state index in [1.807, 2.05) is 0 Å². The molecule has 0 unspecified atom stereocenters. The van der Waals surface area contributed by atoms with Crippen LogP contribution in [0.15, 0.2) is 10.4 Å². The predicted octanol–water partition coefficient (Wildman–Crippen LogP) is 1.56. The molecule has 9 heteroatoms. The van der Waals surface area contributed by atoms with Gasteiger partial charge in [0, 0.05) is 11.3 Å². The maximum absolute atomic E-state index is 12.3. The van der Waals surface area contributed by atoms with Crippen molar-refractivity contribution < 1.29 is 13.2 Å². The lowest BCUT2D eigenvalue weighted by Gasteiger charge is -2.04. The largest absolute Gasteiger partial charge is 0.285 e. The number of rotatable bonds is 3. The van der Waals surface area contributed by atoms with E-state index in [0.717, 1.165) is 54.7 Å². The molecule has 3 rings (SSSR count). The van der Waals surface area contributed by atoms with Gasteiger partial charge in [0.05, 0.1) is 11.2 Å². The van der Waals surface area contributed by atoms with E-state index in [2.05, 4.69) is 19.9 Å². The summed E-state index contributed by atoms with van der Waals surface area (Å²) in [5.74, 6) is -0.689. The summed E-state index contributed by atoms with van der Waals surface area (Å²) in [6.07, 6.45) is 5.97. The van der Waals surface area contributed by atoms with Gasteiger partial charge in [-0.25, -0.2) is 18.1 Å². The maximum atomic E-state index is 12.3. The molecule has 0 atom stereocenters. The second-order valence-electron chi connectivity index (χ2n) is 5.22. The van der Waals surface area contributed by atoms with Crippen molar-refractivity contribution in [1.29, 1.82) is 0 Å². The number of sulfonamides is 1. The van der Waals surface area contributed by atoms with Gasteiger partial charge in [-0.05, 0) is 32.6 Å². The first-order valence-electron chi connectivity index (χ1n) is 7.03. The fourth-order valence-corrected chi connectivity index (χ4v) is 4.59. The summed E-state index contributed by atoms with van der Waals surface area (Å²) in [6, 6.07) is 0. The second-order valence-corrected chi connectivity index (χ2v) is 8.37. The van der Waals surface area contributed by atoms with Gasteiger partial charge in [-0.2, -0.15) is 5.10 Å². The summed E-state index contributed by atoms with van der Waals surface area (Å²) in [6.45, 7) is 1.71. The Morgan fingerprint density at radius 3 is 2.82 bits per heavy atom. The van der Waals surface area contributed by atoms with Crippen LogP contribution in [0.25, 0.3) is 0 Å². The first-order chi connectivity index (χ1) is 10.5. The Hall–Kier alpha value is -1.74. The van der Waals surface area contributed by atoms with Crippen molar-refractivity contribution in [3.05, 3.63) is 28.2 Å². The predicted molar refractivity (Wildman–Crippen MR) is 81.3 cm³/mol. The van der Waals surface area contributed by atoms with Crippen molar-refractivity contribution in [2.45, 2.75) is 43.2 Å². The lowest BCUT2D eigenvalue weighted by Crippen LogP contribution is -2.31. The Labute approximate surface area is 132 Å². The SMILES string of the molecule is Cc1ncc(S(=O)(=O)NC(=O)c2n[nH]c3c2CCCCC3)s1. The van der Waals surface area contributed by atoms with E-state index < -0.39 is 15.9 Å². The number of hydrogen-bond acceptors (Lipinski definition) is 6. The van der Waals surface area contributed by atoms with Crippen LogP contribution in [0, 0.1) is 6.92 Å². The topological polar surface area (TPSA) is 105 Å². The lowest BCUT2D eigenvalue weighted by atomic mass is 10.1. The molecule has 2 N–H and O–H groups in total. The average Bonchev–Trinajstić information content (AvgIpc) is 3.00. The van der Waals surface area contributed by atoms with Gasteiger partial charge >= 0.3 is 0 Å². The van der Waals surface area contributed by atoms with E-state index in [9.17, 15) is 13.2 Å². The third kappa shape index (κ3) is 2.91. The minimum absolute atomic E-state index is 0.0278. The number of aryl methyl sites for hydroxylation is 2. The number of fused-ring (bicyclic) bond motifs is 1. The minimum Gasteiger partial charge on any atom is -0.281 e. The highest BCUT2D eigenvalue weighted by molar-refractivity contribution is 7.92. The van der Waals surface area contributed by atoms with Gasteiger partial charge in [-0.15, -0.1) is 11.3 Å². The van der Waals surface area contributed by atoms with E-state index in [1.165, 1.54) is 6.20 Å². The smallest absolute Gasteiger partial charge is 0.281 e. The molecule has 0 saturated heterocycles. The highest BCUT2D eigenvalue weighted by atomic mass is 32.2. The molecular formula is C13H16N4O3S2. The summed E-state index contributed by atoms with van der Waals surface area (Å²) in [5.41, 5.74) is 1.96. The number of nitrogens with one attached hydrogen (secondary N) is 2. The number of hydrogen-bond donors (Lipinski definition) is 2. The molecule has 7 nitrogen and oxygen atoms in total. The third-order valence-electron chi connectivity index (χ3n) is 3.61. The molecule has 1 aliphatic rings. The Balaban J connectivity index is 1.85. The van der Waals surface area contributed by atoms with Crippen molar-refractivity contribution in [1.82, 2.24) is 19.9 Å². The van der Waals surface area contributed by atoms with E-state index >= 15 is 0 Å². The van der Waals surface area contributed by atoms with Gasteiger partial charge in [-0.1, -0.05) is 6.42 Å². The number of carbonyl (C=O) groups is 1. The van der Waals surface area contributed by atoms with Gasteiger partial charge < -0.3 is 0 Å². The fraction of sp³-hybridized carbons (Fsp3) is 0.462. The molecule has 0 radical (unpaired) electrons. The maximum Gasteiger partial charge on any atom is 0.285 e. The zero-order chi connectivity index (χ0) is 15.7. The van der Waals surface area contributed by atoms with Crippen LogP contribution in [0.4, 0.5) is 0 Å². The Morgan fingerprint density at radius 1 is 1.32 bits per heavy atom. The second kappa shape index (κ2) is 5.81. The standard InChI is InChI=1S/C13H16N4O3S2/c1-8-14-7-11(21-8)22(19,20)17-13(18)12-9-5-3-2-4-6-10(9)15-16-12/h7H,2-6H2,1H3,(H,15,16)(H,17,18). The van der Waals surface area contributed by atoms with Gasteiger partial charge in [0.1, 0.15) is 0 Å². The van der Waals surface area contributed by atoms with Crippen molar-refractivity contribution in [2.75, 3.05) is 0 Å². The van der Waals surface area contributed by atoms with Gasteiger partial charge in [0.25, 0.3) is 15.9 Å². The fourth-order valence-electron chi connectivity index (χ4n) is 2.53. The molecule has 2 aromatic rings. The van der Waals surface area contributed by atoms with Crippen LogP contribution in [-0.2, 0) is 22.9 Å². The summed E-state index contributed by atoms with van der Waals surface area (Å²) < 4.78 is 26.5. The first-order valence-corrected chi connectivity index (χ1v) is 9.33. The molecule has 0 spiro atoms. The van der Waals surface area contributed by atoms with Crippen LogP contribution in [0.5, 0.6) is 0 Å². The molecule has 1 amide bonds. The zero-order valence-electron chi connectivity index (χ0n) is 12.0. The Bertz CT molecular complexity index is 807. The third-order valence-corrected chi connectivity index (χ3v) is 6.32. The normalized spacial score (nSPS) is 15.1. The molecule has 118 valence electrons. The van der Waals surface area contributed by atoms with E-state index in [1.54, 1.807) is 6.92 Å². The molecule has 0 aliphatic heterocycles. The number of carbonyl (C=O) groups excluding carboxylic acids is 1. The summed E-state index contributed by atoms with van der Waals surface area (Å²) in [5, 5.41) is 7.50. The van der Waals surface area contributed by atoms with Gasteiger partial charge in [0.15, 0.2) is 9.90 Å². The summed E-state index contributed by atoms with van der Waals surface area (Å²) in [7, 11) is -3.90. The molecule has 2 aromatic heterocycles. The number of thiazole rings is 1. The number of amides is 1. The molecule has 22 heavy (non-hydrogen) atoms. The van der Waals surface area contributed by atoms with E-state index in [-0.39, 0.29) is 9.90 Å². The molecular weight excluding hydrogens is 324 g/mol. The first kappa shape index (κ1) is 15.2. The number of aromatic nitrogens is 3. The van der Waals surface area contributed by atoms with Crippen molar-refractivity contribution in [3.8, 4) is 0 Å². The Kier molecular flexibility index (Phi) is 4.00. The van der Waals surface area contributed by atoms with Crippen LogP contribution in [0.2, 0.25) is 0 Å². The van der Waals surface area contributed by atoms with E-state index in [0.29, 0.717) is 5.01 Å². The molecule has 2 heterocycles.